The SMILES string of the molecule is C=CCNc1nc(C(=O)OCC(=O)NCC)cs1. The summed E-state index contributed by atoms with van der Waals surface area (Å²) in [7, 11) is 0. The Bertz CT molecular complexity index is 431. The minimum Gasteiger partial charge on any atom is -0.451 e. The Morgan fingerprint density at radius 1 is 1.61 bits per heavy atom. The van der Waals surface area contributed by atoms with Gasteiger partial charge in [-0.05, 0) is 6.92 Å². The number of hydrogen-bond acceptors (Lipinski definition) is 6. The van der Waals surface area contributed by atoms with Gasteiger partial charge in [-0.2, -0.15) is 0 Å². The molecule has 0 atom stereocenters. The van der Waals surface area contributed by atoms with Crippen LogP contribution in [0, 0.1) is 0 Å². The maximum Gasteiger partial charge on any atom is 0.358 e. The molecule has 1 aromatic heterocycles. The zero-order valence-electron chi connectivity index (χ0n) is 10.1. The highest BCUT2D eigenvalue weighted by Gasteiger charge is 2.13. The number of nitrogens with zero attached hydrogens (tertiary/aromatic N) is 1. The van der Waals surface area contributed by atoms with Crippen LogP contribution >= 0.6 is 11.3 Å². The van der Waals surface area contributed by atoms with Crippen molar-refractivity contribution in [1.29, 1.82) is 0 Å². The summed E-state index contributed by atoms with van der Waals surface area (Å²) in [5.74, 6) is -0.935. The first kappa shape index (κ1) is 14.2. The summed E-state index contributed by atoms with van der Waals surface area (Å²) in [6.45, 7) is 6.13. The van der Waals surface area contributed by atoms with E-state index in [2.05, 4.69) is 22.2 Å². The van der Waals surface area contributed by atoms with E-state index in [9.17, 15) is 9.59 Å². The number of likely N-dealkylation sites (N-methyl/N-ethyl adjacent to an activating group) is 1. The first-order valence-electron chi connectivity index (χ1n) is 5.41. The van der Waals surface area contributed by atoms with Crippen LogP contribution in [0.1, 0.15) is 17.4 Å². The number of hydrogen-bond donors (Lipinski definition) is 2. The van der Waals surface area contributed by atoms with Crippen LogP contribution in [0.5, 0.6) is 0 Å². The first-order chi connectivity index (χ1) is 8.67. The topological polar surface area (TPSA) is 80.3 Å². The van der Waals surface area contributed by atoms with E-state index in [-0.39, 0.29) is 18.2 Å². The van der Waals surface area contributed by atoms with Crippen LogP contribution in [0.4, 0.5) is 5.13 Å². The molecule has 0 aromatic carbocycles. The molecule has 0 aliphatic rings. The maximum absolute atomic E-state index is 11.5. The second kappa shape index (κ2) is 7.44. The molecule has 0 unspecified atom stereocenters. The van der Waals surface area contributed by atoms with E-state index < -0.39 is 5.97 Å². The molecule has 1 aromatic rings. The van der Waals surface area contributed by atoms with Gasteiger partial charge >= 0.3 is 5.97 Å². The number of nitrogens with one attached hydrogen (secondary N) is 2. The van der Waals surface area contributed by atoms with Gasteiger partial charge < -0.3 is 15.4 Å². The number of anilines is 1. The van der Waals surface area contributed by atoms with Crippen molar-refractivity contribution >= 4 is 28.3 Å². The molecular formula is C11H15N3O3S. The van der Waals surface area contributed by atoms with Crippen LogP contribution in [0.2, 0.25) is 0 Å². The van der Waals surface area contributed by atoms with Gasteiger partial charge in [-0.3, -0.25) is 4.79 Å². The fourth-order valence-electron chi connectivity index (χ4n) is 1.06. The molecule has 0 saturated carbocycles. The van der Waals surface area contributed by atoms with Gasteiger partial charge in [-0.15, -0.1) is 17.9 Å². The largest absolute Gasteiger partial charge is 0.451 e. The molecule has 18 heavy (non-hydrogen) atoms. The Morgan fingerprint density at radius 3 is 3.06 bits per heavy atom. The normalized spacial score (nSPS) is 9.61. The lowest BCUT2D eigenvalue weighted by Gasteiger charge is -2.02. The van der Waals surface area contributed by atoms with Crippen LogP contribution in [-0.2, 0) is 9.53 Å². The molecule has 0 radical (unpaired) electrons. The third kappa shape index (κ3) is 4.54. The van der Waals surface area contributed by atoms with Crippen molar-refractivity contribution in [3.63, 3.8) is 0 Å². The predicted molar refractivity (Wildman–Crippen MR) is 69.8 cm³/mol. The number of ether oxygens (including phenoxy) is 1. The van der Waals surface area contributed by atoms with Crippen LogP contribution in [0.25, 0.3) is 0 Å². The number of esters is 1. The van der Waals surface area contributed by atoms with Gasteiger partial charge in [0.1, 0.15) is 0 Å². The maximum atomic E-state index is 11.5. The van der Waals surface area contributed by atoms with E-state index in [4.69, 9.17) is 4.74 Å². The summed E-state index contributed by atoms with van der Waals surface area (Å²) in [6, 6.07) is 0. The number of carbonyl (C=O) groups is 2. The zero-order chi connectivity index (χ0) is 13.4. The second-order valence-corrected chi connectivity index (χ2v) is 4.10. The zero-order valence-corrected chi connectivity index (χ0v) is 10.9. The van der Waals surface area contributed by atoms with Crippen molar-refractivity contribution in [2.24, 2.45) is 0 Å². The number of amides is 1. The Balaban J connectivity index is 2.43. The number of rotatable bonds is 7. The number of thiazole rings is 1. The van der Waals surface area contributed by atoms with Crippen molar-refractivity contribution in [2.75, 3.05) is 25.0 Å². The molecule has 0 fully saturated rings. The molecule has 1 heterocycles. The summed E-state index contributed by atoms with van der Waals surface area (Å²) in [4.78, 5) is 26.7. The average molecular weight is 269 g/mol. The van der Waals surface area contributed by atoms with Gasteiger partial charge in [0.2, 0.25) is 0 Å². The average Bonchev–Trinajstić information content (AvgIpc) is 2.82. The molecule has 0 aliphatic heterocycles. The molecular weight excluding hydrogens is 254 g/mol. The van der Waals surface area contributed by atoms with E-state index in [0.29, 0.717) is 18.2 Å². The summed E-state index contributed by atoms with van der Waals surface area (Å²) >= 11 is 1.29. The van der Waals surface area contributed by atoms with Gasteiger partial charge in [0, 0.05) is 18.5 Å². The molecule has 98 valence electrons. The summed E-state index contributed by atoms with van der Waals surface area (Å²) in [6.07, 6.45) is 1.69. The lowest BCUT2D eigenvalue weighted by molar-refractivity contribution is -0.124. The van der Waals surface area contributed by atoms with E-state index in [1.807, 2.05) is 0 Å². The van der Waals surface area contributed by atoms with Crippen molar-refractivity contribution in [3.8, 4) is 0 Å². The van der Waals surface area contributed by atoms with Crippen LogP contribution in [-0.4, -0.2) is 36.6 Å². The van der Waals surface area contributed by atoms with E-state index in [0.717, 1.165) is 0 Å². The Morgan fingerprint density at radius 2 is 2.39 bits per heavy atom. The first-order valence-corrected chi connectivity index (χ1v) is 6.29. The molecule has 1 amide bonds. The van der Waals surface area contributed by atoms with Crippen LogP contribution < -0.4 is 10.6 Å². The summed E-state index contributed by atoms with van der Waals surface area (Å²) in [5.41, 5.74) is 0.191. The predicted octanol–water partition coefficient (Wildman–Crippen LogP) is 1.03. The fraction of sp³-hybridized carbons (Fsp3) is 0.364. The molecule has 0 bridgehead atoms. The van der Waals surface area contributed by atoms with E-state index in [1.54, 1.807) is 18.4 Å². The number of aromatic nitrogens is 1. The third-order valence-corrected chi connectivity index (χ3v) is 2.62. The molecule has 0 aliphatic carbocycles. The van der Waals surface area contributed by atoms with Crippen molar-refractivity contribution in [3.05, 3.63) is 23.7 Å². The molecule has 6 nitrogen and oxygen atoms in total. The minimum atomic E-state index is -0.607. The van der Waals surface area contributed by atoms with E-state index in [1.165, 1.54) is 11.3 Å². The lowest BCUT2D eigenvalue weighted by atomic mass is 10.5. The van der Waals surface area contributed by atoms with Gasteiger partial charge in [-0.25, -0.2) is 9.78 Å². The fourth-order valence-corrected chi connectivity index (χ4v) is 1.75. The molecule has 0 spiro atoms. The smallest absolute Gasteiger partial charge is 0.358 e. The molecule has 7 heteroatoms. The lowest BCUT2D eigenvalue weighted by Crippen LogP contribution is -2.28. The highest BCUT2D eigenvalue weighted by molar-refractivity contribution is 7.13. The quantitative estimate of drug-likeness (QED) is 0.571. The Labute approximate surface area is 109 Å². The third-order valence-electron chi connectivity index (χ3n) is 1.82. The highest BCUT2D eigenvalue weighted by Crippen LogP contribution is 2.15. The van der Waals surface area contributed by atoms with Crippen molar-refractivity contribution in [2.45, 2.75) is 6.92 Å². The summed E-state index contributed by atoms with van der Waals surface area (Å²) < 4.78 is 4.81. The molecule has 1 rings (SSSR count). The van der Waals surface area contributed by atoms with Crippen LogP contribution in [0.15, 0.2) is 18.0 Å². The van der Waals surface area contributed by atoms with Gasteiger partial charge in [0.25, 0.3) is 5.91 Å². The highest BCUT2D eigenvalue weighted by atomic mass is 32.1. The van der Waals surface area contributed by atoms with Gasteiger partial charge in [-0.1, -0.05) is 6.08 Å². The Kier molecular flexibility index (Phi) is 5.86. The molecule has 0 saturated heterocycles. The van der Waals surface area contributed by atoms with Gasteiger partial charge in [0.15, 0.2) is 17.4 Å². The monoisotopic (exact) mass is 269 g/mol. The Hall–Kier alpha value is -1.89. The van der Waals surface area contributed by atoms with Crippen molar-refractivity contribution < 1.29 is 14.3 Å². The second-order valence-electron chi connectivity index (χ2n) is 3.24. The summed E-state index contributed by atoms with van der Waals surface area (Å²) in [5, 5.41) is 7.67. The molecule has 2 N–H and O–H groups in total. The standard InChI is InChI=1S/C11H15N3O3S/c1-3-5-13-11-14-8(7-18-11)10(16)17-6-9(15)12-4-2/h3,7H,1,4-6H2,2H3,(H,12,15)(H,13,14). The minimum absolute atomic E-state index is 0.191. The van der Waals surface area contributed by atoms with Crippen LogP contribution in [0.3, 0.4) is 0 Å². The van der Waals surface area contributed by atoms with Gasteiger partial charge in [0.05, 0.1) is 0 Å². The van der Waals surface area contributed by atoms with Crippen molar-refractivity contribution in [1.82, 2.24) is 10.3 Å². The van der Waals surface area contributed by atoms with E-state index >= 15 is 0 Å². The number of carbonyl (C=O) groups excluding carboxylic acids is 2.